The summed E-state index contributed by atoms with van der Waals surface area (Å²) in [5, 5.41) is 12.0. The first-order chi connectivity index (χ1) is 12.5. The Morgan fingerprint density at radius 1 is 1.35 bits per heavy atom. The molecule has 1 atom stereocenters. The number of aromatic nitrogens is 2. The van der Waals surface area contributed by atoms with Gasteiger partial charge < -0.3 is 5.32 Å². The number of nitrogens with zero attached hydrogens (tertiary/aromatic N) is 3. The lowest BCUT2D eigenvalue weighted by molar-refractivity contribution is -0.122. The lowest BCUT2D eigenvalue weighted by atomic mass is 9.88. The highest BCUT2D eigenvalue weighted by atomic mass is 16.2. The Kier molecular flexibility index (Phi) is 5.03. The monoisotopic (exact) mass is 352 g/mol. The molecule has 3 rings (SSSR count). The minimum absolute atomic E-state index is 0.129. The van der Waals surface area contributed by atoms with Crippen molar-refractivity contribution in [2.75, 3.05) is 0 Å². The van der Waals surface area contributed by atoms with Gasteiger partial charge in [-0.25, -0.2) is 9.36 Å². The molecule has 1 N–H and O–H groups in total. The number of nitriles is 1. The van der Waals surface area contributed by atoms with Crippen molar-refractivity contribution in [1.82, 2.24) is 14.5 Å². The Balaban J connectivity index is 1.85. The van der Waals surface area contributed by atoms with Crippen molar-refractivity contribution in [1.29, 1.82) is 5.26 Å². The average Bonchev–Trinajstić information content (AvgIpc) is 2.66. The lowest BCUT2D eigenvalue weighted by Gasteiger charge is -2.26. The summed E-state index contributed by atoms with van der Waals surface area (Å²) in [5.41, 5.74) is 0.816. The van der Waals surface area contributed by atoms with Crippen molar-refractivity contribution in [2.45, 2.75) is 45.3 Å². The van der Waals surface area contributed by atoms with Crippen LogP contribution in [0, 0.1) is 11.3 Å². The largest absolute Gasteiger partial charge is 0.348 e. The molecule has 134 valence electrons. The Hall–Kier alpha value is -3.14. The van der Waals surface area contributed by atoms with Crippen molar-refractivity contribution >= 4 is 5.91 Å². The first-order valence-electron chi connectivity index (χ1n) is 8.66. The summed E-state index contributed by atoms with van der Waals surface area (Å²) in [7, 11) is 0. The van der Waals surface area contributed by atoms with Gasteiger partial charge in [0.25, 0.3) is 5.56 Å². The van der Waals surface area contributed by atoms with Crippen LogP contribution in [0.25, 0.3) is 0 Å². The van der Waals surface area contributed by atoms with E-state index in [-0.39, 0.29) is 11.6 Å². The highest BCUT2D eigenvalue weighted by molar-refractivity contribution is 5.76. The van der Waals surface area contributed by atoms with Crippen LogP contribution in [0.4, 0.5) is 0 Å². The molecule has 0 spiro atoms. The minimum Gasteiger partial charge on any atom is -0.348 e. The zero-order valence-electron chi connectivity index (χ0n) is 14.6. The summed E-state index contributed by atoms with van der Waals surface area (Å²) in [5.74, 6) is -0.413. The maximum Gasteiger partial charge on any atom is 0.331 e. The molecule has 0 saturated carbocycles. The summed E-state index contributed by atoms with van der Waals surface area (Å²) in [6, 6.07) is 9.60. The van der Waals surface area contributed by atoms with E-state index in [9.17, 15) is 14.4 Å². The first-order valence-corrected chi connectivity index (χ1v) is 8.66. The van der Waals surface area contributed by atoms with Gasteiger partial charge in [-0.2, -0.15) is 5.26 Å². The van der Waals surface area contributed by atoms with Gasteiger partial charge in [-0.3, -0.25) is 14.2 Å². The molecular weight excluding hydrogens is 332 g/mol. The number of carbonyl (C=O) groups is 1. The highest BCUT2D eigenvalue weighted by Gasteiger charge is 2.22. The molecule has 0 unspecified atom stereocenters. The Labute approximate surface area is 150 Å². The van der Waals surface area contributed by atoms with Crippen LogP contribution in [0.2, 0.25) is 0 Å². The van der Waals surface area contributed by atoms with Gasteiger partial charge in [-0.15, -0.1) is 0 Å². The van der Waals surface area contributed by atoms with Gasteiger partial charge in [0, 0.05) is 12.7 Å². The van der Waals surface area contributed by atoms with E-state index in [0.29, 0.717) is 6.54 Å². The maximum atomic E-state index is 12.5. The van der Waals surface area contributed by atoms with Crippen LogP contribution in [-0.2, 0) is 24.3 Å². The molecule has 1 aliphatic carbocycles. The number of fused-ring (bicyclic) bond motifs is 1. The topological polar surface area (TPSA) is 96.9 Å². The first kappa shape index (κ1) is 17.7. The van der Waals surface area contributed by atoms with Crippen molar-refractivity contribution in [3.8, 4) is 6.07 Å². The summed E-state index contributed by atoms with van der Waals surface area (Å²) in [6.45, 7) is 1.65. The number of carbonyl (C=O) groups excluding carboxylic acids is 1. The number of hydrogen-bond acceptors (Lipinski definition) is 4. The van der Waals surface area contributed by atoms with Gasteiger partial charge in [-0.05, 0) is 37.3 Å². The smallest absolute Gasteiger partial charge is 0.331 e. The number of benzene rings is 1. The SMILES string of the molecule is CCn1cc(C#N)c(=O)n(CC(=O)N[C@H]2CCCc3ccccc32)c1=O. The number of rotatable bonds is 4. The molecule has 1 aromatic heterocycles. The molecule has 2 aromatic rings. The summed E-state index contributed by atoms with van der Waals surface area (Å²) >= 11 is 0. The van der Waals surface area contributed by atoms with Crippen LogP contribution in [0.1, 0.15) is 42.5 Å². The van der Waals surface area contributed by atoms with E-state index in [1.165, 1.54) is 16.3 Å². The van der Waals surface area contributed by atoms with Crippen molar-refractivity contribution in [3.63, 3.8) is 0 Å². The molecule has 0 saturated heterocycles. The van der Waals surface area contributed by atoms with Crippen LogP contribution >= 0.6 is 0 Å². The predicted molar refractivity (Wildman–Crippen MR) is 95.6 cm³/mol. The standard InChI is InChI=1S/C19H20N4O3/c1-2-22-11-14(10-20)18(25)23(19(22)26)12-17(24)21-16-9-5-7-13-6-3-4-8-15(13)16/h3-4,6,8,11,16H,2,5,7,9,12H2,1H3,(H,21,24)/t16-/m0/s1. The van der Waals surface area contributed by atoms with Gasteiger partial charge in [-0.1, -0.05) is 24.3 Å². The lowest BCUT2D eigenvalue weighted by Crippen LogP contribution is -2.45. The molecule has 7 heteroatoms. The Bertz CT molecular complexity index is 997. The van der Waals surface area contributed by atoms with Gasteiger partial charge in [0.05, 0.1) is 6.04 Å². The Morgan fingerprint density at radius 3 is 2.85 bits per heavy atom. The molecule has 1 amide bonds. The average molecular weight is 352 g/mol. The fourth-order valence-electron chi connectivity index (χ4n) is 3.38. The van der Waals surface area contributed by atoms with Crippen molar-refractivity contribution in [3.05, 3.63) is 68.0 Å². The zero-order chi connectivity index (χ0) is 18.7. The van der Waals surface area contributed by atoms with Gasteiger partial charge in [0.2, 0.25) is 5.91 Å². The normalized spacial score (nSPS) is 15.8. The maximum absolute atomic E-state index is 12.5. The van der Waals surface area contributed by atoms with E-state index < -0.39 is 23.7 Å². The Morgan fingerprint density at radius 2 is 2.12 bits per heavy atom. The molecular formula is C19H20N4O3. The van der Waals surface area contributed by atoms with E-state index in [1.807, 2.05) is 18.2 Å². The van der Waals surface area contributed by atoms with Gasteiger partial charge in [0.1, 0.15) is 18.2 Å². The summed E-state index contributed by atoms with van der Waals surface area (Å²) < 4.78 is 2.08. The molecule has 1 heterocycles. The van der Waals surface area contributed by atoms with Crippen LogP contribution in [0.5, 0.6) is 0 Å². The number of nitrogens with one attached hydrogen (secondary N) is 1. The number of hydrogen-bond donors (Lipinski definition) is 1. The minimum atomic E-state index is -0.735. The second-order valence-corrected chi connectivity index (χ2v) is 6.33. The van der Waals surface area contributed by atoms with Crippen LogP contribution in [0.15, 0.2) is 40.1 Å². The number of amides is 1. The molecule has 7 nitrogen and oxygen atoms in total. The zero-order valence-corrected chi connectivity index (χ0v) is 14.6. The van der Waals surface area contributed by atoms with E-state index in [2.05, 4.69) is 11.4 Å². The third-order valence-electron chi connectivity index (χ3n) is 4.70. The molecule has 1 aromatic carbocycles. The van der Waals surface area contributed by atoms with E-state index in [4.69, 9.17) is 5.26 Å². The van der Waals surface area contributed by atoms with E-state index in [1.54, 1.807) is 13.0 Å². The summed E-state index contributed by atoms with van der Waals surface area (Å²) in [4.78, 5) is 37.1. The predicted octanol–water partition coefficient (Wildman–Crippen LogP) is 1.10. The van der Waals surface area contributed by atoms with Gasteiger partial charge >= 0.3 is 5.69 Å². The van der Waals surface area contributed by atoms with E-state index >= 15 is 0 Å². The van der Waals surface area contributed by atoms with Crippen molar-refractivity contribution in [2.24, 2.45) is 0 Å². The second-order valence-electron chi connectivity index (χ2n) is 6.33. The highest BCUT2D eigenvalue weighted by Crippen LogP contribution is 2.29. The molecule has 1 aliphatic rings. The fourth-order valence-corrected chi connectivity index (χ4v) is 3.38. The molecule has 0 fully saturated rings. The third-order valence-corrected chi connectivity index (χ3v) is 4.70. The van der Waals surface area contributed by atoms with Crippen LogP contribution in [0.3, 0.4) is 0 Å². The van der Waals surface area contributed by atoms with Crippen LogP contribution in [-0.4, -0.2) is 15.0 Å². The van der Waals surface area contributed by atoms with Gasteiger partial charge in [0.15, 0.2) is 0 Å². The quantitative estimate of drug-likeness (QED) is 0.891. The molecule has 0 aliphatic heterocycles. The van der Waals surface area contributed by atoms with Crippen LogP contribution < -0.4 is 16.6 Å². The molecule has 26 heavy (non-hydrogen) atoms. The molecule has 0 bridgehead atoms. The summed E-state index contributed by atoms with van der Waals surface area (Å²) in [6.07, 6.45) is 3.99. The fraction of sp³-hybridized carbons (Fsp3) is 0.368. The van der Waals surface area contributed by atoms with Crippen molar-refractivity contribution < 1.29 is 4.79 Å². The second kappa shape index (κ2) is 7.40. The number of aryl methyl sites for hydroxylation is 2. The van der Waals surface area contributed by atoms with E-state index in [0.717, 1.165) is 29.4 Å². The third kappa shape index (κ3) is 3.31. The molecule has 0 radical (unpaired) electrons.